The van der Waals surface area contributed by atoms with E-state index in [0.29, 0.717) is 30.3 Å². The number of hydrogen-bond donors (Lipinski definition) is 2. The summed E-state index contributed by atoms with van der Waals surface area (Å²) < 4.78 is 0. The molecule has 6 heteroatoms. The summed E-state index contributed by atoms with van der Waals surface area (Å²) in [5.41, 5.74) is 5.88. The van der Waals surface area contributed by atoms with Gasteiger partial charge in [-0.25, -0.2) is 4.98 Å². The van der Waals surface area contributed by atoms with Gasteiger partial charge in [-0.15, -0.1) is 11.3 Å². The van der Waals surface area contributed by atoms with Crippen molar-refractivity contribution in [2.45, 2.75) is 32.8 Å². The average molecular weight is 269 g/mol. The molecular weight excluding hydrogens is 250 g/mol. The third-order valence-corrected chi connectivity index (χ3v) is 3.84. The first-order valence-electron chi connectivity index (χ1n) is 6.06. The monoisotopic (exact) mass is 269 g/mol. The van der Waals surface area contributed by atoms with E-state index in [9.17, 15) is 9.90 Å². The molecule has 18 heavy (non-hydrogen) atoms. The number of hydrogen-bond acceptors (Lipinski definition) is 5. The van der Waals surface area contributed by atoms with E-state index in [1.807, 2.05) is 0 Å². The number of nitrogens with two attached hydrogens (primary N) is 1. The van der Waals surface area contributed by atoms with Crippen molar-refractivity contribution in [2.75, 3.05) is 18.8 Å². The Labute approximate surface area is 111 Å². The highest BCUT2D eigenvalue weighted by atomic mass is 32.1. The van der Waals surface area contributed by atoms with Gasteiger partial charge in [-0.1, -0.05) is 13.8 Å². The highest BCUT2D eigenvalue weighted by Crippen LogP contribution is 2.29. The maximum atomic E-state index is 12.3. The zero-order valence-electron chi connectivity index (χ0n) is 10.7. The lowest BCUT2D eigenvalue weighted by molar-refractivity contribution is 0.0700. The van der Waals surface area contributed by atoms with Gasteiger partial charge in [0.25, 0.3) is 5.91 Å². The van der Waals surface area contributed by atoms with Crippen LogP contribution < -0.4 is 5.73 Å². The van der Waals surface area contributed by atoms with Crippen molar-refractivity contribution in [2.24, 2.45) is 5.41 Å². The summed E-state index contributed by atoms with van der Waals surface area (Å²) in [5, 5.41) is 11.9. The summed E-state index contributed by atoms with van der Waals surface area (Å²) in [6.45, 7) is 5.34. The molecule has 100 valence electrons. The van der Waals surface area contributed by atoms with E-state index in [2.05, 4.69) is 18.8 Å². The lowest BCUT2D eigenvalue weighted by Crippen LogP contribution is -2.37. The number of anilines is 1. The predicted octanol–water partition coefficient (Wildman–Crippen LogP) is 1.35. The molecule has 2 rings (SSSR count). The summed E-state index contributed by atoms with van der Waals surface area (Å²) in [4.78, 5) is 18.1. The summed E-state index contributed by atoms with van der Waals surface area (Å²) in [6.07, 6.45) is 1.00. The Balaban J connectivity index is 2.15. The molecule has 1 unspecified atom stereocenters. The number of rotatable bonds is 1. The van der Waals surface area contributed by atoms with E-state index < -0.39 is 0 Å². The molecule has 1 amide bonds. The van der Waals surface area contributed by atoms with E-state index in [1.165, 1.54) is 11.3 Å². The molecule has 1 saturated heterocycles. The van der Waals surface area contributed by atoms with Crippen LogP contribution in [-0.2, 0) is 0 Å². The van der Waals surface area contributed by atoms with Crippen molar-refractivity contribution >= 4 is 22.4 Å². The van der Waals surface area contributed by atoms with E-state index >= 15 is 0 Å². The molecule has 1 aliphatic rings. The number of aromatic nitrogens is 1. The Kier molecular flexibility index (Phi) is 3.59. The number of aliphatic hydroxyl groups excluding tert-OH is 1. The zero-order valence-corrected chi connectivity index (χ0v) is 11.5. The van der Waals surface area contributed by atoms with Crippen molar-refractivity contribution in [1.29, 1.82) is 0 Å². The van der Waals surface area contributed by atoms with Crippen molar-refractivity contribution < 1.29 is 9.90 Å². The highest BCUT2D eigenvalue weighted by Gasteiger charge is 2.32. The summed E-state index contributed by atoms with van der Waals surface area (Å²) >= 11 is 1.27. The maximum absolute atomic E-state index is 12.3. The van der Waals surface area contributed by atoms with Gasteiger partial charge >= 0.3 is 0 Å². The van der Waals surface area contributed by atoms with E-state index in [4.69, 9.17) is 5.73 Å². The normalized spacial score (nSPS) is 23.7. The van der Waals surface area contributed by atoms with Gasteiger partial charge in [-0.2, -0.15) is 0 Å². The van der Waals surface area contributed by atoms with Crippen LogP contribution in [0.3, 0.4) is 0 Å². The molecule has 0 aliphatic carbocycles. The van der Waals surface area contributed by atoms with E-state index in [1.54, 1.807) is 10.3 Å². The molecule has 2 heterocycles. The number of thiazole rings is 1. The third-order valence-electron chi connectivity index (χ3n) is 3.17. The molecule has 1 atom stereocenters. The number of carbonyl (C=O) groups excluding carboxylic acids is 1. The Bertz CT molecular complexity index is 444. The highest BCUT2D eigenvalue weighted by molar-refractivity contribution is 7.13. The number of amides is 1. The first-order chi connectivity index (χ1) is 8.37. The van der Waals surface area contributed by atoms with Crippen LogP contribution in [0.4, 0.5) is 5.13 Å². The molecule has 0 radical (unpaired) electrons. The fourth-order valence-corrected chi connectivity index (χ4v) is 2.96. The lowest BCUT2D eigenvalue weighted by Gasteiger charge is -2.29. The standard InChI is InChI=1S/C12H19N3O2S/c1-12(2)5-8(16)3-4-15(7-12)10(17)9-6-18-11(13)14-9/h6,8,16H,3-5,7H2,1-2H3,(H2,13,14). The summed E-state index contributed by atoms with van der Waals surface area (Å²) in [5.74, 6) is -0.0925. The van der Waals surface area contributed by atoms with Gasteiger partial charge in [0.05, 0.1) is 6.10 Å². The smallest absolute Gasteiger partial charge is 0.273 e. The number of likely N-dealkylation sites (tertiary alicyclic amines) is 1. The fraction of sp³-hybridized carbons (Fsp3) is 0.667. The van der Waals surface area contributed by atoms with Crippen LogP contribution in [0.1, 0.15) is 37.2 Å². The molecule has 0 saturated carbocycles. The maximum Gasteiger partial charge on any atom is 0.273 e. The largest absolute Gasteiger partial charge is 0.393 e. The fourth-order valence-electron chi connectivity index (χ4n) is 2.43. The molecule has 0 spiro atoms. The van der Waals surface area contributed by atoms with Crippen molar-refractivity contribution in [1.82, 2.24) is 9.88 Å². The topological polar surface area (TPSA) is 79.5 Å². The summed E-state index contributed by atoms with van der Waals surface area (Å²) in [6, 6.07) is 0. The molecular formula is C12H19N3O2S. The van der Waals surface area contributed by atoms with Crippen LogP contribution in [-0.4, -0.2) is 40.1 Å². The molecule has 5 nitrogen and oxygen atoms in total. The molecule has 3 N–H and O–H groups in total. The minimum atomic E-state index is -0.335. The number of nitrogen functional groups attached to an aromatic ring is 1. The van der Waals surface area contributed by atoms with Gasteiger partial charge in [-0.05, 0) is 18.3 Å². The second kappa shape index (κ2) is 4.85. The first-order valence-corrected chi connectivity index (χ1v) is 6.94. The molecule has 1 fully saturated rings. The van der Waals surface area contributed by atoms with Gasteiger partial charge in [0.1, 0.15) is 5.69 Å². The first kappa shape index (κ1) is 13.3. The molecule has 1 aromatic heterocycles. The second-order valence-electron chi connectivity index (χ2n) is 5.61. The number of carbonyl (C=O) groups is 1. The van der Waals surface area contributed by atoms with Crippen LogP contribution in [0.15, 0.2) is 5.38 Å². The van der Waals surface area contributed by atoms with Crippen molar-refractivity contribution in [3.05, 3.63) is 11.1 Å². The van der Waals surface area contributed by atoms with Gasteiger partial charge in [0.2, 0.25) is 0 Å². The Morgan fingerprint density at radius 3 is 3.00 bits per heavy atom. The predicted molar refractivity (Wildman–Crippen MR) is 71.5 cm³/mol. The van der Waals surface area contributed by atoms with Gasteiger partial charge in [-0.3, -0.25) is 4.79 Å². The molecule has 0 bridgehead atoms. The molecule has 1 aliphatic heterocycles. The minimum Gasteiger partial charge on any atom is -0.393 e. The average Bonchev–Trinajstić information content (AvgIpc) is 2.63. The summed E-state index contributed by atoms with van der Waals surface area (Å²) in [7, 11) is 0. The Morgan fingerprint density at radius 2 is 2.39 bits per heavy atom. The van der Waals surface area contributed by atoms with E-state index in [0.717, 1.165) is 6.42 Å². The number of aliphatic hydroxyl groups is 1. The zero-order chi connectivity index (χ0) is 13.3. The quantitative estimate of drug-likeness (QED) is 0.806. The van der Waals surface area contributed by atoms with Crippen molar-refractivity contribution in [3.63, 3.8) is 0 Å². The second-order valence-corrected chi connectivity index (χ2v) is 6.50. The Morgan fingerprint density at radius 1 is 1.67 bits per heavy atom. The van der Waals surface area contributed by atoms with Gasteiger partial charge in [0.15, 0.2) is 5.13 Å². The third kappa shape index (κ3) is 3.00. The van der Waals surface area contributed by atoms with Crippen molar-refractivity contribution in [3.8, 4) is 0 Å². The van der Waals surface area contributed by atoms with E-state index in [-0.39, 0.29) is 17.4 Å². The van der Waals surface area contributed by atoms with Crippen LogP contribution in [0.25, 0.3) is 0 Å². The lowest BCUT2D eigenvalue weighted by atomic mass is 9.87. The van der Waals surface area contributed by atoms with Crippen LogP contribution in [0.2, 0.25) is 0 Å². The Hall–Kier alpha value is -1.14. The van der Waals surface area contributed by atoms with Crippen LogP contribution in [0, 0.1) is 5.41 Å². The minimum absolute atomic E-state index is 0.0762. The van der Waals surface area contributed by atoms with Crippen LogP contribution in [0.5, 0.6) is 0 Å². The van der Waals surface area contributed by atoms with Gasteiger partial charge < -0.3 is 15.7 Å². The van der Waals surface area contributed by atoms with Gasteiger partial charge in [0, 0.05) is 18.5 Å². The van der Waals surface area contributed by atoms with Crippen LogP contribution >= 0.6 is 11.3 Å². The molecule has 0 aromatic carbocycles. The molecule has 1 aromatic rings. The SMILES string of the molecule is CC1(C)CC(O)CCN(C(=O)c2csc(N)n2)C1. The number of nitrogens with zero attached hydrogens (tertiary/aromatic N) is 2.